The van der Waals surface area contributed by atoms with Gasteiger partial charge in [0.2, 0.25) is 5.62 Å². The van der Waals surface area contributed by atoms with E-state index in [1.807, 2.05) is 0 Å². The highest BCUT2D eigenvalue weighted by atomic mass is 15.3. The van der Waals surface area contributed by atoms with E-state index in [0.717, 1.165) is 0 Å². The molecule has 2 aromatic rings. The molecule has 8 heteroatoms. The van der Waals surface area contributed by atoms with E-state index in [9.17, 15) is 0 Å². The Morgan fingerprint density at radius 2 is 1.86 bits per heavy atom. The fourth-order valence-corrected chi connectivity index (χ4v) is 1.16. The number of anilines is 2. The summed E-state index contributed by atoms with van der Waals surface area (Å²) in [5, 5.41) is 7.26. The minimum Gasteiger partial charge on any atom is -0.382 e. The van der Waals surface area contributed by atoms with Crippen LogP contribution in [0, 0.1) is 5.41 Å². The fourth-order valence-electron chi connectivity index (χ4n) is 1.16. The van der Waals surface area contributed by atoms with E-state index in [-0.39, 0.29) is 17.3 Å². The van der Waals surface area contributed by atoms with E-state index < -0.39 is 0 Å². The van der Waals surface area contributed by atoms with Crippen LogP contribution < -0.4 is 22.9 Å². The average Bonchev–Trinajstić information content (AvgIpc) is 2.41. The molecule has 2 rings (SSSR count). The zero-order chi connectivity index (χ0) is 10.3. The van der Waals surface area contributed by atoms with Crippen LogP contribution in [-0.4, -0.2) is 19.6 Å². The van der Waals surface area contributed by atoms with E-state index in [1.54, 1.807) is 0 Å². The Balaban J connectivity index is 3.11. The van der Waals surface area contributed by atoms with E-state index in [1.165, 1.54) is 11.0 Å². The number of aromatic nitrogens is 4. The first-order valence-electron chi connectivity index (χ1n) is 3.69. The van der Waals surface area contributed by atoms with E-state index in [4.69, 9.17) is 22.7 Å². The SMILES string of the molecule is N=c1nc(N)c2ncn(N)c2c(N)n1. The van der Waals surface area contributed by atoms with Gasteiger partial charge in [-0.2, -0.15) is 9.97 Å². The molecule has 0 amide bonds. The first-order chi connectivity index (χ1) is 6.59. The maximum absolute atomic E-state index is 7.26. The summed E-state index contributed by atoms with van der Waals surface area (Å²) in [6.45, 7) is 0. The van der Waals surface area contributed by atoms with Crippen molar-refractivity contribution in [3.63, 3.8) is 0 Å². The van der Waals surface area contributed by atoms with Crippen LogP contribution in [0.2, 0.25) is 0 Å². The largest absolute Gasteiger partial charge is 0.382 e. The monoisotopic (exact) mass is 192 g/mol. The molecule has 0 saturated heterocycles. The van der Waals surface area contributed by atoms with Gasteiger partial charge in [0.15, 0.2) is 11.6 Å². The second kappa shape index (κ2) is 2.55. The molecule has 2 heterocycles. The van der Waals surface area contributed by atoms with Crippen molar-refractivity contribution in [1.82, 2.24) is 19.6 Å². The molecule has 0 unspecified atom stereocenters. The van der Waals surface area contributed by atoms with Crippen molar-refractivity contribution in [3.8, 4) is 0 Å². The lowest BCUT2D eigenvalue weighted by molar-refractivity contribution is 0.993. The molecule has 0 aliphatic rings. The molecule has 0 atom stereocenters. The molecule has 0 aliphatic heterocycles. The normalized spacial score (nSPS) is 10.6. The Hall–Kier alpha value is -2.38. The maximum atomic E-state index is 7.26. The smallest absolute Gasteiger partial charge is 0.245 e. The lowest BCUT2D eigenvalue weighted by Crippen LogP contribution is -2.11. The number of fused-ring (bicyclic) bond motifs is 1. The van der Waals surface area contributed by atoms with Gasteiger partial charge in [-0.1, -0.05) is 0 Å². The summed E-state index contributed by atoms with van der Waals surface area (Å²) in [4.78, 5) is 11.2. The van der Waals surface area contributed by atoms with Crippen LogP contribution in [0.4, 0.5) is 11.6 Å². The number of rotatable bonds is 0. The van der Waals surface area contributed by atoms with Crippen molar-refractivity contribution < 1.29 is 0 Å². The van der Waals surface area contributed by atoms with Gasteiger partial charge in [-0.3, -0.25) is 5.41 Å². The lowest BCUT2D eigenvalue weighted by atomic mass is 10.4. The molecule has 0 aliphatic carbocycles. The predicted octanol–water partition coefficient (Wildman–Crippen LogP) is -1.82. The quantitative estimate of drug-likeness (QED) is 0.361. The van der Waals surface area contributed by atoms with Crippen LogP contribution in [0.25, 0.3) is 11.0 Å². The van der Waals surface area contributed by atoms with Crippen molar-refractivity contribution in [2.45, 2.75) is 0 Å². The van der Waals surface area contributed by atoms with Gasteiger partial charge in [0.1, 0.15) is 17.4 Å². The summed E-state index contributed by atoms with van der Waals surface area (Å²) in [5.74, 6) is 5.70. The molecule has 14 heavy (non-hydrogen) atoms. The molecule has 2 aromatic heterocycles. The van der Waals surface area contributed by atoms with Crippen molar-refractivity contribution in [2.24, 2.45) is 0 Å². The van der Waals surface area contributed by atoms with Crippen LogP contribution in [0.1, 0.15) is 0 Å². The van der Waals surface area contributed by atoms with Crippen molar-refractivity contribution in [1.29, 1.82) is 5.41 Å². The Morgan fingerprint density at radius 3 is 2.57 bits per heavy atom. The van der Waals surface area contributed by atoms with Crippen LogP contribution >= 0.6 is 0 Å². The van der Waals surface area contributed by atoms with Crippen molar-refractivity contribution in [3.05, 3.63) is 11.9 Å². The Morgan fingerprint density at radius 1 is 1.21 bits per heavy atom. The zero-order valence-electron chi connectivity index (χ0n) is 7.10. The number of nitrogens with zero attached hydrogens (tertiary/aromatic N) is 4. The molecular weight excluding hydrogens is 184 g/mol. The Labute approximate surface area is 77.9 Å². The minimum absolute atomic E-state index is 0.0780. The first-order valence-corrected chi connectivity index (χ1v) is 3.69. The summed E-state index contributed by atoms with van der Waals surface area (Å²) < 4.78 is 1.19. The van der Waals surface area contributed by atoms with Crippen molar-refractivity contribution >= 4 is 22.7 Å². The first kappa shape index (κ1) is 8.23. The molecule has 7 N–H and O–H groups in total. The van der Waals surface area contributed by atoms with E-state index in [0.29, 0.717) is 11.0 Å². The molecule has 8 nitrogen and oxygen atoms in total. The summed E-state index contributed by atoms with van der Waals surface area (Å²) in [6, 6.07) is 0. The van der Waals surface area contributed by atoms with Crippen LogP contribution in [-0.2, 0) is 0 Å². The van der Waals surface area contributed by atoms with Gasteiger partial charge in [-0.25, -0.2) is 9.66 Å². The van der Waals surface area contributed by atoms with Gasteiger partial charge >= 0.3 is 0 Å². The summed E-state index contributed by atoms with van der Waals surface area (Å²) in [5.41, 5.74) is 11.6. The number of nitrogens with one attached hydrogen (secondary N) is 1. The van der Waals surface area contributed by atoms with Gasteiger partial charge in [-0.05, 0) is 0 Å². The fraction of sp³-hybridized carbons (Fsp3) is 0. The molecule has 0 saturated carbocycles. The topological polar surface area (TPSA) is 146 Å². The van der Waals surface area contributed by atoms with Gasteiger partial charge in [0, 0.05) is 0 Å². The zero-order valence-corrected chi connectivity index (χ0v) is 7.10. The second-order valence-electron chi connectivity index (χ2n) is 2.67. The maximum Gasteiger partial charge on any atom is 0.245 e. The number of nitrogens with two attached hydrogens (primary N) is 3. The van der Waals surface area contributed by atoms with Gasteiger partial charge in [0.25, 0.3) is 0 Å². The highest BCUT2D eigenvalue weighted by molar-refractivity contribution is 5.90. The molecule has 0 spiro atoms. The molecular formula is C6H8N8. The molecule has 0 bridgehead atoms. The van der Waals surface area contributed by atoms with Gasteiger partial charge < -0.3 is 17.3 Å². The number of hydrogen-bond acceptors (Lipinski definition) is 7. The highest BCUT2D eigenvalue weighted by Gasteiger charge is 2.08. The highest BCUT2D eigenvalue weighted by Crippen LogP contribution is 2.16. The number of nitrogen functional groups attached to an aromatic ring is 3. The second-order valence-corrected chi connectivity index (χ2v) is 2.67. The van der Waals surface area contributed by atoms with Crippen LogP contribution in [0.5, 0.6) is 0 Å². The number of hydrogen-bond donors (Lipinski definition) is 4. The summed E-state index contributed by atoms with van der Waals surface area (Å²) >= 11 is 0. The summed E-state index contributed by atoms with van der Waals surface area (Å²) in [7, 11) is 0. The third-order valence-electron chi connectivity index (χ3n) is 1.73. The molecule has 0 aromatic carbocycles. The predicted molar refractivity (Wildman–Crippen MR) is 50.2 cm³/mol. The molecule has 0 radical (unpaired) electrons. The standard InChI is InChI=1S/C6H8N8/c7-4-2-3(14(10)1-11-2)5(8)13-6(9)12-4/h1H,10H2,(H5,7,8,9,12,13). The van der Waals surface area contributed by atoms with Gasteiger partial charge in [0.05, 0.1) is 0 Å². The van der Waals surface area contributed by atoms with Crippen LogP contribution in [0.15, 0.2) is 6.33 Å². The van der Waals surface area contributed by atoms with Crippen LogP contribution in [0.3, 0.4) is 0 Å². The molecule has 0 fully saturated rings. The number of imidazole rings is 1. The Bertz CT molecular complexity index is 555. The van der Waals surface area contributed by atoms with Crippen molar-refractivity contribution in [2.75, 3.05) is 17.3 Å². The minimum atomic E-state index is -0.266. The third-order valence-corrected chi connectivity index (χ3v) is 1.73. The average molecular weight is 192 g/mol. The molecule has 72 valence electrons. The summed E-state index contributed by atoms with van der Waals surface area (Å²) in [6.07, 6.45) is 1.35. The third kappa shape index (κ3) is 1.01. The van der Waals surface area contributed by atoms with E-state index in [2.05, 4.69) is 15.0 Å². The lowest BCUT2D eigenvalue weighted by Gasteiger charge is -1.92. The Kier molecular flexibility index (Phi) is 1.50. The van der Waals surface area contributed by atoms with E-state index >= 15 is 0 Å². The van der Waals surface area contributed by atoms with Gasteiger partial charge in [-0.15, -0.1) is 0 Å².